The van der Waals surface area contributed by atoms with Crippen molar-refractivity contribution in [3.05, 3.63) is 73.8 Å². The van der Waals surface area contributed by atoms with Crippen molar-refractivity contribution < 1.29 is 24.5 Å². The van der Waals surface area contributed by atoms with E-state index in [-0.39, 0.29) is 16.9 Å². The number of nitro benzene ring substituents is 2. The van der Waals surface area contributed by atoms with Gasteiger partial charge in [-0.05, 0) is 18.2 Å². The molecule has 0 radical (unpaired) electrons. The van der Waals surface area contributed by atoms with E-state index in [4.69, 9.17) is 9.90 Å². The molecule has 174 valence electrons. The van der Waals surface area contributed by atoms with Gasteiger partial charge in [0.15, 0.2) is 0 Å². The molecule has 0 aliphatic carbocycles. The number of hydrogen-bond acceptors (Lipinski definition) is 9. The molecule has 3 rings (SSSR count). The highest BCUT2D eigenvalue weighted by Gasteiger charge is 2.17. The van der Waals surface area contributed by atoms with Gasteiger partial charge in [0.05, 0.1) is 16.1 Å². The lowest BCUT2D eigenvalue weighted by Crippen LogP contribution is -2.43. The Morgan fingerprint density at radius 2 is 1.61 bits per heavy atom. The van der Waals surface area contributed by atoms with Crippen LogP contribution >= 0.6 is 0 Å². The van der Waals surface area contributed by atoms with Gasteiger partial charge in [0.25, 0.3) is 23.3 Å². The first-order chi connectivity index (χ1) is 15.7. The molecular weight excluding hydrogens is 436 g/mol. The zero-order valence-electron chi connectivity index (χ0n) is 17.6. The summed E-state index contributed by atoms with van der Waals surface area (Å²) in [6, 6.07) is 9.60. The van der Waals surface area contributed by atoms with Gasteiger partial charge in [-0.2, -0.15) is 5.10 Å². The highest BCUT2D eigenvalue weighted by Crippen LogP contribution is 2.24. The maximum absolute atomic E-state index is 12.2. The van der Waals surface area contributed by atoms with Crippen LogP contribution in [0.2, 0.25) is 0 Å². The minimum atomic E-state index is -0.833. The van der Waals surface area contributed by atoms with E-state index >= 15 is 0 Å². The number of carboxylic acid groups (broad SMARTS) is 1. The number of nitrogens with one attached hydrogen (secondary N) is 2. The van der Waals surface area contributed by atoms with Gasteiger partial charge < -0.3 is 15.3 Å². The summed E-state index contributed by atoms with van der Waals surface area (Å²) in [6.07, 6.45) is 1.35. The summed E-state index contributed by atoms with van der Waals surface area (Å²) in [5.74, 6) is -1.38. The second-order valence-electron chi connectivity index (χ2n) is 6.76. The van der Waals surface area contributed by atoms with Gasteiger partial charge in [-0.3, -0.25) is 29.8 Å². The Morgan fingerprint density at radius 1 is 1.06 bits per heavy atom. The lowest BCUT2D eigenvalue weighted by Gasteiger charge is -2.30. The Hall–Kier alpha value is -4.39. The van der Waals surface area contributed by atoms with E-state index in [9.17, 15) is 25.0 Å². The van der Waals surface area contributed by atoms with Crippen LogP contribution in [0.25, 0.3) is 0 Å². The maximum atomic E-state index is 12.2. The summed E-state index contributed by atoms with van der Waals surface area (Å²) in [5.41, 5.74) is 3.63. The third-order valence-electron chi connectivity index (χ3n) is 4.39. The number of hydrazone groups is 1. The van der Waals surface area contributed by atoms with Gasteiger partial charge in [-0.1, -0.05) is 0 Å². The Balaban J connectivity index is 0.000000890. The van der Waals surface area contributed by atoms with Gasteiger partial charge in [-0.15, -0.1) is 0 Å². The first-order valence-electron chi connectivity index (χ1n) is 9.70. The van der Waals surface area contributed by atoms with Crippen LogP contribution in [0.5, 0.6) is 0 Å². The third-order valence-corrected chi connectivity index (χ3v) is 4.39. The Morgan fingerprint density at radius 3 is 2.15 bits per heavy atom. The number of hydrogen-bond donors (Lipinski definition) is 3. The number of benzene rings is 2. The molecule has 13 nitrogen and oxygen atoms in total. The lowest BCUT2D eigenvalue weighted by atomic mass is 10.1. The quantitative estimate of drug-likeness (QED) is 0.330. The molecule has 0 saturated carbocycles. The summed E-state index contributed by atoms with van der Waals surface area (Å²) in [6.45, 7) is 4.16. The molecule has 33 heavy (non-hydrogen) atoms. The highest BCUT2D eigenvalue weighted by atomic mass is 16.6. The third kappa shape index (κ3) is 7.66. The van der Waals surface area contributed by atoms with E-state index in [1.807, 2.05) is 0 Å². The smallest absolute Gasteiger partial charge is 0.300 e. The van der Waals surface area contributed by atoms with E-state index in [0.717, 1.165) is 38.8 Å². The average Bonchev–Trinajstić information content (AvgIpc) is 2.79. The minimum absolute atomic E-state index is 0.0768. The van der Waals surface area contributed by atoms with Gasteiger partial charge in [0.2, 0.25) is 0 Å². The molecule has 0 unspecified atom stereocenters. The van der Waals surface area contributed by atoms with Crippen molar-refractivity contribution in [2.45, 2.75) is 6.92 Å². The fraction of sp³-hybridized carbons (Fsp3) is 0.250. The molecule has 3 N–H and O–H groups in total. The molecule has 0 spiro atoms. The molecule has 0 aromatic heterocycles. The Bertz CT molecular complexity index is 1050. The van der Waals surface area contributed by atoms with Crippen molar-refractivity contribution in [1.29, 1.82) is 0 Å². The highest BCUT2D eigenvalue weighted by molar-refractivity contribution is 5.96. The SMILES string of the molecule is CC(=O)O.O=C(NN=Cc1cc([N+](=O)[O-])ccc1N1CCNCC1)c1ccc([N+](=O)[O-])cc1. The molecule has 13 heteroatoms. The molecule has 2 aromatic carbocycles. The van der Waals surface area contributed by atoms with Crippen LogP contribution < -0.4 is 15.6 Å². The molecule has 0 atom stereocenters. The van der Waals surface area contributed by atoms with Crippen LogP contribution in [0.4, 0.5) is 17.1 Å². The number of non-ortho nitro benzene ring substituents is 2. The fourth-order valence-electron chi connectivity index (χ4n) is 2.91. The number of aliphatic carboxylic acids is 1. The number of carboxylic acids is 1. The van der Waals surface area contributed by atoms with Crippen molar-refractivity contribution in [2.24, 2.45) is 5.10 Å². The van der Waals surface area contributed by atoms with Crippen LogP contribution in [0.3, 0.4) is 0 Å². The molecule has 1 amide bonds. The summed E-state index contributed by atoms with van der Waals surface area (Å²) < 4.78 is 0. The molecule has 1 fully saturated rings. The van der Waals surface area contributed by atoms with Crippen LogP contribution in [-0.4, -0.2) is 59.2 Å². The number of carbonyl (C=O) groups is 2. The van der Waals surface area contributed by atoms with Gasteiger partial charge in [-0.25, -0.2) is 5.43 Å². The van der Waals surface area contributed by atoms with Crippen molar-refractivity contribution in [1.82, 2.24) is 10.7 Å². The van der Waals surface area contributed by atoms with E-state index in [2.05, 4.69) is 20.7 Å². The van der Waals surface area contributed by atoms with Gasteiger partial charge in [0.1, 0.15) is 0 Å². The molecule has 1 heterocycles. The maximum Gasteiger partial charge on any atom is 0.300 e. The fourth-order valence-corrected chi connectivity index (χ4v) is 2.91. The van der Waals surface area contributed by atoms with Crippen LogP contribution in [0.15, 0.2) is 47.6 Å². The van der Waals surface area contributed by atoms with Crippen LogP contribution in [0.1, 0.15) is 22.8 Å². The second kappa shape index (κ2) is 11.9. The summed E-state index contributed by atoms with van der Waals surface area (Å²) in [5, 5.41) is 36.3. The topological polar surface area (TPSA) is 180 Å². The predicted octanol–water partition coefficient (Wildman–Crippen LogP) is 1.77. The molecule has 1 aliphatic heterocycles. The van der Waals surface area contributed by atoms with Crippen molar-refractivity contribution >= 4 is 35.2 Å². The summed E-state index contributed by atoms with van der Waals surface area (Å²) in [7, 11) is 0. The predicted molar refractivity (Wildman–Crippen MR) is 120 cm³/mol. The zero-order valence-corrected chi connectivity index (χ0v) is 17.6. The van der Waals surface area contributed by atoms with Crippen molar-refractivity contribution in [2.75, 3.05) is 31.1 Å². The van der Waals surface area contributed by atoms with E-state index < -0.39 is 21.7 Å². The van der Waals surface area contributed by atoms with E-state index in [1.54, 1.807) is 6.07 Å². The second-order valence-corrected chi connectivity index (χ2v) is 6.76. The Kier molecular flexibility index (Phi) is 8.94. The number of amides is 1. The lowest BCUT2D eigenvalue weighted by molar-refractivity contribution is -0.385. The van der Waals surface area contributed by atoms with E-state index in [0.29, 0.717) is 5.56 Å². The van der Waals surface area contributed by atoms with Gasteiger partial charge in [0, 0.05) is 74.2 Å². The van der Waals surface area contributed by atoms with E-state index in [1.165, 1.54) is 42.6 Å². The Labute approximate surface area is 188 Å². The molecule has 2 aromatic rings. The number of piperazine rings is 1. The molecule has 1 saturated heterocycles. The molecule has 0 bridgehead atoms. The number of anilines is 1. The van der Waals surface area contributed by atoms with Crippen LogP contribution in [0, 0.1) is 20.2 Å². The average molecular weight is 458 g/mol. The minimum Gasteiger partial charge on any atom is -0.481 e. The van der Waals surface area contributed by atoms with Crippen molar-refractivity contribution in [3.8, 4) is 0 Å². The monoisotopic (exact) mass is 458 g/mol. The largest absolute Gasteiger partial charge is 0.481 e. The standard InChI is InChI=1S/C18H18N6O5.C2H4O2/c25-18(13-1-3-15(4-2-13)23(26)27)21-20-12-14-11-16(24(28)29)5-6-17(14)22-9-7-19-8-10-22;1-2(3)4/h1-6,11-12,19H,7-10H2,(H,21,25);1H3,(H,3,4). The number of carbonyl (C=O) groups excluding carboxylic acids is 1. The molecule has 1 aliphatic rings. The molecular formula is C20H22N6O7. The van der Waals surface area contributed by atoms with Crippen molar-refractivity contribution in [3.63, 3.8) is 0 Å². The summed E-state index contributed by atoms with van der Waals surface area (Å²) >= 11 is 0. The number of nitro groups is 2. The first-order valence-corrected chi connectivity index (χ1v) is 9.70. The first kappa shape index (κ1) is 24.9. The van der Waals surface area contributed by atoms with Gasteiger partial charge >= 0.3 is 0 Å². The normalized spacial score (nSPS) is 13.1. The number of rotatable bonds is 6. The number of nitrogens with zero attached hydrogens (tertiary/aromatic N) is 4. The summed E-state index contributed by atoms with van der Waals surface area (Å²) in [4.78, 5) is 44.0. The zero-order chi connectivity index (χ0) is 24.4. The van der Waals surface area contributed by atoms with Crippen LogP contribution in [-0.2, 0) is 4.79 Å².